The van der Waals surface area contributed by atoms with Crippen molar-refractivity contribution in [3.8, 4) is 0 Å². The van der Waals surface area contributed by atoms with Gasteiger partial charge in [0.05, 0.1) is 11.1 Å². The van der Waals surface area contributed by atoms with Crippen LogP contribution >= 0.6 is 0 Å². The predicted octanol–water partition coefficient (Wildman–Crippen LogP) is 2.50. The number of piperazine rings is 1. The Labute approximate surface area is 115 Å². The van der Waals surface area contributed by atoms with E-state index >= 15 is 0 Å². The highest BCUT2D eigenvalue weighted by Gasteiger charge is 2.73. The monoisotopic (exact) mass is 260 g/mol. The molecule has 4 fully saturated rings. The zero-order valence-corrected chi connectivity index (χ0v) is 12.1. The van der Waals surface area contributed by atoms with Crippen molar-refractivity contribution in [3.63, 3.8) is 0 Å². The minimum atomic E-state index is 0.0773. The minimum Gasteiger partial charge on any atom is -0.340 e. The lowest BCUT2D eigenvalue weighted by atomic mass is 9.79. The van der Waals surface area contributed by atoms with Gasteiger partial charge in [0, 0.05) is 13.1 Å². The van der Waals surface area contributed by atoms with Crippen LogP contribution in [0.1, 0.15) is 39.5 Å². The average Bonchev–Trinajstić information content (AvgIpc) is 3.05. The van der Waals surface area contributed by atoms with Gasteiger partial charge in [-0.3, -0.25) is 9.80 Å². The second-order valence-corrected chi connectivity index (χ2v) is 6.84. The molecule has 4 heterocycles. The molecule has 0 N–H and O–H groups in total. The summed E-state index contributed by atoms with van der Waals surface area (Å²) in [7, 11) is 0. The summed E-state index contributed by atoms with van der Waals surface area (Å²) in [4.78, 5) is 5.22. The molecule has 0 spiro atoms. The lowest BCUT2D eigenvalue weighted by Gasteiger charge is -2.52. The fraction of sp³-hybridized carbons (Fsp3) is 0.750. The molecule has 4 saturated heterocycles. The van der Waals surface area contributed by atoms with Crippen molar-refractivity contribution in [1.82, 2.24) is 9.80 Å². The van der Waals surface area contributed by atoms with Crippen molar-refractivity contribution >= 4 is 0 Å². The zero-order chi connectivity index (χ0) is 13.4. The predicted molar refractivity (Wildman–Crippen MR) is 75.6 cm³/mol. The number of nitrogens with zero attached hydrogens (tertiary/aromatic N) is 2. The number of hydrogen-bond acceptors (Lipinski definition) is 3. The molecule has 19 heavy (non-hydrogen) atoms. The molecule has 0 unspecified atom stereocenters. The van der Waals surface area contributed by atoms with Crippen LogP contribution in [0.25, 0.3) is 0 Å². The van der Waals surface area contributed by atoms with Crippen LogP contribution in [0.5, 0.6) is 0 Å². The Morgan fingerprint density at radius 3 is 1.74 bits per heavy atom. The van der Waals surface area contributed by atoms with Gasteiger partial charge < -0.3 is 4.74 Å². The first kappa shape index (κ1) is 12.1. The quantitative estimate of drug-likeness (QED) is 0.560. The largest absolute Gasteiger partial charge is 0.340 e. The third-order valence-electron chi connectivity index (χ3n) is 6.06. The fourth-order valence-corrected chi connectivity index (χ4v) is 5.26. The summed E-state index contributed by atoms with van der Waals surface area (Å²) >= 11 is 0. The highest BCUT2D eigenvalue weighted by Crippen LogP contribution is 2.60. The van der Waals surface area contributed by atoms with Crippen LogP contribution in [0.2, 0.25) is 0 Å². The van der Waals surface area contributed by atoms with Crippen molar-refractivity contribution < 1.29 is 4.74 Å². The first-order chi connectivity index (χ1) is 9.05. The molecule has 0 amide bonds. The molecule has 2 bridgehead atoms. The maximum absolute atomic E-state index is 6.47. The third-order valence-corrected chi connectivity index (χ3v) is 6.06. The fourth-order valence-electron chi connectivity index (χ4n) is 5.26. The van der Waals surface area contributed by atoms with Gasteiger partial charge in [0.1, 0.15) is 12.5 Å². The van der Waals surface area contributed by atoms with Gasteiger partial charge >= 0.3 is 0 Å². The molecule has 4 rings (SSSR count). The lowest BCUT2D eigenvalue weighted by Crippen LogP contribution is -2.67. The molecule has 0 aromatic rings. The smallest absolute Gasteiger partial charge is 0.136 e. The SMILES string of the molecule is C=C(C)[C@@]12CCCN1[C@@H]1O[C@H]2N2CCC[C@@]12C(=C)C. The molecule has 4 aliphatic rings. The topological polar surface area (TPSA) is 15.7 Å². The highest BCUT2D eigenvalue weighted by atomic mass is 16.6. The summed E-state index contributed by atoms with van der Waals surface area (Å²) in [6.45, 7) is 15.3. The van der Waals surface area contributed by atoms with E-state index in [-0.39, 0.29) is 23.5 Å². The molecule has 0 radical (unpaired) electrons. The van der Waals surface area contributed by atoms with Crippen LogP contribution in [0, 0.1) is 0 Å². The third kappa shape index (κ3) is 1.09. The number of hydrogen-bond donors (Lipinski definition) is 0. The molecule has 3 heteroatoms. The summed E-state index contributed by atoms with van der Waals surface area (Å²) < 4.78 is 6.47. The Morgan fingerprint density at radius 2 is 1.37 bits per heavy atom. The molecule has 0 aliphatic carbocycles. The molecule has 4 aliphatic heterocycles. The summed E-state index contributed by atoms with van der Waals surface area (Å²) in [5.74, 6) is 0. The first-order valence-electron chi connectivity index (χ1n) is 7.56. The molecule has 0 aromatic heterocycles. The second kappa shape index (κ2) is 3.51. The summed E-state index contributed by atoms with van der Waals surface area (Å²) in [5.41, 5.74) is 2.71. The van der Waals surface area contributed by atoms with E-state index in [9.17, 15) is 0 Å². The minimum absolute atomic E-state index is 0.0773. The van der Waals surface area contributed by atoms with E-state index in [1.165, 1.54) is 36.8 Å². The van der Waals surface area contributed by atoms with Crippen LogP contribution in [0.4, 0.5) is 0 Å². The Morgan fingerprint density at radius 1 is 0.947 bits per heavy atom. The Kier molecular flexibility index (Phi) is 2.24. The van der Waals surface area contributed by atoms with E-state index in [2.05, 4.69) is 36.8 Å². The van der Waals surface area contributed by atoms with E-state index in [1.54, 1.807) is 0 Å². The van der Waals surface area contributed by atoms with Crippen molar-refractivity contribution in [2.45, 2.75) is 63.1 Å². The van der Waals surface area contributed by atoms with Crippen LogP contribution in [-0.4, -0.2) is 46.4 Å². The van der Waals surface area contributed by atoms with E-state index in [4.69, 9.17) is 4.74 Å². The highest BCUT2D eigenvalue weighted by molar-refractivity contribution is 5.36. The summed E-state index contributed by atoms with van der Waals surface area (Å²) in [6, 6.07) is 0. The van der Waals surface area contributed by atoms with E-state index in [1.807, 2.05) is 0 Å². The van der Waals surface area contributed by atoms with E-state index < -0.39 is 0 Å². The van der Waals surface area contributed by atoms with Gasteiger partial charge in [0.15, 0.2) is 0 Å². The van der Waals surface area contributed by atoms with Gasteiger partial charge in [-0.25, -0.2) is 0 Å². The lowest BCUT2D eigenvalue weighted by molar-refractivity contribution is -0.0135. The molecule has 0 saturated carbocycles. The van der Waals surface area contributed by atoms with Gasteiger partial charge in [-0.1, -0.05) is 24.3 Å². The van der Waals surface area contributed by atoms with Crippen LogP contribution in [0.15, 0.2) is 24.3 Å². The van der Waals surface area contributed by atoms with E-state index in [0.29, 0.717) is 0 Å². The number of fused-ring (bicyclic) bond motifs is 8. The van der Waals surface area contributed by atoms with Gasteiger partial charge in [-0.15, -0.1) is 0 Å². The average molecular weight is 260 g/mol. The molecule has 0 aromatic carbocycles. The van der Waals surface area contributed by atoms with Crippen molar-refractivity contribution in [2.24, 2.45) is 0 Å². The number of rotatable bonds is 2. The standard InChI is InChI=1S/C16H24N2O/c1-11(2)15-7-5-9-17(15)14-16(12(3)4)8-6-10-18(16)13(15)19-14/h13-14H,1,3,5-10H2,2,4H3/t13-,14-,15-,16-/m1/s1. The van der Waals surface area contributed by atoms with Crippen molar-refractivity contribution in [2.75, 3.05) is 13.1 Å². The summed E-state index contributed by atoms with van der Waals surface area (Å²) in [5, 5.41) is 0. The van der Waals surface area contributed by atoms with Gasteiger partial charge in [-0.2, -0.15) is 0 Å². The molecular weight excluding hydrogens is 236 g/mol. The molecule has 4 atom stereocenters. The molecular formula is C16H24N2O. The van der Waals surface area contributed by atoms with Crippen LogP contribution < -0.4 is 0 Å². The van der Waals surface area contributed by atoms with Gasteiger partial charge in [0.2, 0.25) is 0 Å². The first-order valence-corrected chi connectivity index (χ1v) is 7.56. The van der Waals surface area contributed by atoms with Crippen LogP contribution in [-0.2, 0) is 4.74 Å². The Balaban J connectivity index is 1.85. The van der Waals surface area contributed by atoms with Crippen molar-refractivity contribution in [1.29, 1.82) is 0 Å². The second-order valence-electron chi connectivity index (χ2n) is 6.84. The van der Waals surface area contributed by atoms with Crippen molar-refractivity contribution in [3.05, 3.63) is 24.3 Å². The Bertz CT molecular complexity index is 431. The normalized spacial score (nSPS) is 48.5. The summed E-state index contributed by atoms with van der Waals surface area (Å²) in [6.07, 6.45) is 5.35. The number of ether oxygens (including phenoxy) is 1. The molecule has 3 nitrogen and oxygen atoms in total. The molecule has 104 valence electrons. The van der Waals surface area contributed by atoms with Crippen LogP contribution in [0.3, 0.4) is 0 Å². The Hall–Kier alpha value is -0.640. The maximum Gasteiger partial charge on any atom is 0.136 e. The maximum atomic E-state index is 6.47. The van der Waals surface area contributed by atoms with Gasteiger partial charge in [-0.05, 0) is 39.5 Å². The van der Waals surface area contributed by atoms with E-state index in [0.717, 1.165) is 13.1 Å². The van der Waals surface area contributed by atoms with Gasteiger partial charge in [0.25, 0.3) is 0 Å². The zero-order valence-electron chi connectivity index (χ0n) is 12.1.